The first-order valence-corrected chi connectivity index (χ1v) is 11.4. The number of nitrogens with one attached hydrogen (secondary N) is 1. The minimum atomic E-state index is -4.03. The summed E-state index contributed by atoms with van der Waals surface area (Å²) >= 11 is 0. The van der Waals surface area contributed by atoms with E-state index >= 15 is 0 Å². The molecular weight excluding hydrogens is 431 g/mol. The van der Waals surface area contributed by atoms with E-state index in [9.17, 15) is 17.6 Å². The van der Waals surface area contributed by atoms with E-state index in [0.717, 1.165) is 9.87 Å². The van der Waals surface area contributed by atoms with Gasteiger partial charge in [-0.2, -0.15) is 0 Å². The van der Waals surface area contributed by atoms with Gasteiger partial charge in [-0.25, -0.2) is 12.8 Å². The largest absolute Gasteiger partial charge is 0.497 e. The van der Waals surface area contributed by atoms with Gasteiger partial charge in [-0.3, -0.25) is 9.10 Å². The average Bonchev–Trinajstić information content (AvgIpc) is 2.78. The topological polar surface area (TPSA) is 75.7 Å². The van der Waals surface area contributed by atoms with Crippen LogP contribution >= 0.6 is 0 Å². The summed E-state index contributed by atoms with van der Waals surface area (Å²) in [5.74, 6) is -0.334. The highest BCUT2D eigenvalue weighted by Crippen LogP contribution is 2.25. The highest BCUT2D eigenvalue weighted by molar-refractivity contribution is 7.92. The molecule has 0 heterocycles. The summed E-state index contributed by atoms with van der Waals surface area (Å²) in [6.07, 6.45) is 0. The molecular formula is C24H25FN2O4S. The number of anilines is 1. The molecule has 0 fully saturated rings. The Labute approximate surface area is 187 Å². The molecule has 0 unspecified atom stereocenters. The zero-order valence-electron chi connectivity index (χ0n) is 18.1. The van der Waals surface area contributed by atoms with E-state index in [2.05, 4.69) is 5.32 Å². The standard InChI is InChI=1S/C24H25FN2O4S/c1-17-4-10-21(11-5-17)27(32(29,30)23-14-12-22(31-3)13-15-23)16-24(28)26-18(2)19-6-8-20(25)9-7-19/h4-15,18H,16H2,1-3H3,(H,26,28)/t18-/m1/s1. The number of nitrogens with zero attached hydrogens (tertiary/aromatic N) is 1. The Balaban J connectivity index is 1.87. The molecule has 0 radical (unpaired) electrons. The molecule has 3 aromatic rings. The van der Waals surface area contributed by atoms with Gasteiger partial charge in [-0.15, -0.1) is 0 Å². The molecule has 32 heavy (non-hydrogen) atoms. The van der Waals surface area contributed by atoms with Crippen molar-refractivity contribution in [1.82, 2.24) is 5.32 Å². The minimum Gasteiger partial charge on any atom is -0.497 e. The van der Waals surface area contributed by atoms with Gasteiger partial charge in [0.1, 0.15) is 18.1 Å². The molecule has 1 atom stereocenters. The van der Waals surface area contributed by atoms with E-state index in [1.807, 2.05) is 6.92 Å². The van der Waals surface area contributed by atoms with E-state index in [1.165, 1.54) is 31.4 Å². The minimum absolute atomic E-state index is 0.0401. The smallest absolute Gasteiger partial charge is 0.264 e. The summed E-state index contributed by atoms with van der Waals surface area (Å²) in [6, 6.07) is 18.2. The van der Waals surface area contributed by atoms with Crippen LogP contribution in [0.15, 0.2) is 77.7 Å². The SMILES string of the molecule is COc1ccc(S(=O)(=O)N(CC(=O)N[C@H](C)c2ccc(F)cc2)c2ccc(C)cc2)cc1. The first-order chi connectivity index (χ1) is 15.2. The van der Waals surface area contributed by atoms with Gasteiger partial charge < -0.3 is 10.1 Å². The molecule has 0 bridgehead atoms. The number of sulfonamides is 1. The summed E-state index contributed by atoms with van der Waals surface area (Å²) in [7, 11) is -2.53. The maximum Gasteiger partial charge on any atom is 0.264 e. The van der Waals surface area contributed by atoms with Crippen molar-refractivity contribution in [1.29, 1.82) is 0 Å². The van der Waals surface area contributed by atoms with Crippen LogP contribution in [-0.2, 0) is 14.8 Å². The van der Waals surface area contributed by atoms with Crippen molar-refractivity contribution in [2.24, 2.45) is 0 Å². The van der Waals surface area contributed by atoms with Crippen LogP contribution in [0.2, 0.25) is 0 Å². The monoisotopic (exact) mass is 456 g/mol. The Kier molecular flexibility index (Phi) is 7.15. The second-order valence-electron chi connectivity index (χ2n) is 7.36. The Morgan fingerprint density at radius 3 is 2.16 bits per heavy atom. The van der Waals surface area contributed by atoms with Crippen LogP contribution in [0.3, 0.4) is 0 Å². The third-order valence-electron chi connectivity index (χ3n) is 5.00. The van der Waals surface area contributed by atoms with Crippen LogP contribution in [0.5, 0.6) is 5.75 Å². The van der Waals surface area contributed by atoms with Crippen LogP contribution < -0.4 is 14.4 Å². The number of ether oxygens (including phenoxy) is 1. The highest BCUT2D eigenvalue weighted by Gasteiger charge is 2.27. The zero-order chi connectivity index (χ0) is 23.3. The second-order valence-corrected chi connectivity index (χ2v) is 9.23. The first-order valence-electron chi connectivity index (χ1n) is 9.99. The van der Waals surface area contributed by atoms with Gasteiger partial charge in [0.15, 0.2) is 0 Å². The average molecular weight is 457 g/mol. The number of aryl methyl sites for hydroxylation is 1. The van der Waals surface area contributed by atoms with Crippen molar-refractivity contribution >= 4 is 21.6 Å². The van der Waals surface area contributed by atoms with Crippen LogP contribution in [0.25, 0.3) is 0 Å². The lowest BCUT2D eigenvalue weighted by Crippen LogP contribution is -2.41. The van der Waals surface area contributed by atoms with Crippen molar-refractivity contribution < 1.29 is 22.3 Å². The van der Waals surface area contributed by atoms with Gasteiger partial charge in [0, 0.05) is 0 Å². The summed E-state index contributed by atoms with van der Waals surface area (Å²) in [5, 5.41) is 2.78. The van der Waals surface area contributed by atoms with Crippen LogP contribution in [-0.4, -0.2) is 28.0 Å². The van der Waals surface area contributed by atoms with Crippen molar-refractivity contribution in [2.75, 3.05) is 18.0 Å². The van der Waals surface area contributed by atoms with Gasteiger partial charge in [0.25, 0.3) is 10.0 Å². The molecule has 8 heteroatoms. The number of hydrogen-bond acceptors (Lipinski definition) is 4. The van der Waals surface area contributed by atoms with Crippen molar-refractivity contribution in [2.45, 2.75) is 24.8 Å². The number of carbonyl (C=O) groups excluding carboxylic acids is 1. The molecule has 1 amide bonds. The molecule has 3 aromatic carbocycles. The molecule has 0 aliphatic rings. The molecule has 0 aliphatic carbocycles. The van der Waals surface area contributed by atoms with E-state index < -0.39 is 28.5 Å². The lowest BCUT2D eigenvalue weighted by molar-refractivity contribution is -0.120. The van der Waals surface area contributed by atoms with E-state index in [4.69, 9.17) is 4.74 Å². The number of carbonyl (C=O) groups is 1. The molecule has 6 nitrogen and oxygen atoms in total. The molecule has 0 spiro atoms. The van der Waals surface area contributed by atoms with Crippen molar-refractivity contribution in [3.05, 3.63) is 89.7 Å². The van der Waals surface area contributed by atoms with Crippen LogP contribution in [0.4, 0.5) is 10.1 Å². The fraction of sp³-hybridized carbons (Fsp3) is 0.208. The quantitative estimate of drug-likeness (QED) is 0.551. The molecule has 0 saturated carbocycles. The Bertz CT molecular complexity index is 1160. The Morgan fingerprint density at radius 1 is 1.00 bits per heavy atom. The Hall–Kier alpha value is -3.39. The van der Waals surface area contributed by atoms with E-state index in [0.29, 0.717) is 17.0 Å². The number of rotatable bonds is 8. The second kappa shape index (κ2) is 9.82. The summed E-state index contributed by atoms with van der Waals surface area (Å²) in [5.41, 5.74) is 2.04. The summed E-state index contributed by atoms with van der Waals surface area (Å²) in [6.45, 7) is 3.23. The number of methoxy groups -OCH3 is 1. The molecule has 3 rings (SSSR count). The number of amides is 1. The Morgan fingerprint density at radius 2 is 1.59 bits per heavy atom. The van der Waals surface area contributed by atoms with Crippen molar-refractivity contribution in [3.63, 3.8) is 0 Å². The van der Waals surface area contributed by atoms with Crippen LogP contribution in [0, 0.1) is 12.7 Å². The first kappa shape index (κ1) is 23.3. The molecule has 0 aliphatic heterocycles. The van der Waals surface area contributed by atoms with Crippen LogP contribution in [0.1, 0.15) is 24.1 Å². The van der Waals surface area contributed by atoms with Gasteiger partial charge in [-0.05, 0) is 67.9 Å². The zero-order valence-corrected chi connectivity index (χ0v) is 18.9. The van der Waals surface area contributed by atoms with Gasteiger partial charge >= 0.3 is 0 Å². The third-order valence-corrected chi connectivity index (χ3v) is 6.79. The molecule has 0 aromatic heterocycles. The predicted octanol–water partition coefficient (Wildman–Crippen LogP) is 4.22. The van der Waals surface area contributed by atoms with Crippen molar-refractivity contribution in [3.8, 4) is 5.75 Å². The molecule has 1 N–H and O–H groups in total. The van der Waals surface area contributed by atoms with Gasteiger partial charge in [-0.1, -0.05) is 29.8 Å². The number of hydrogen-bond donors (Lipinski definition) is 1. The third kappa shape index (κ3) is 5.45. The lowest BCUT2D eigenvalue weighted by Gasteiger charge is -2.25. The predicted molar refractivity (Wildman–Crippen MR) is 122 cm³/mol. The van der Waals surface area contributed by atoms with Gasteiger partial charge in [0.2, 0.25) is 5.91 Å². The lowest BCUT2D eigenvalue weighted by atomic mass is 10.1. The van der Waals surface area contributed by atoms with E-state index in [-0.39, 0.29) is 10.7 Å². The molecule has 168 valence electrons. The maximum atomic E-state index is 13.4. The normalized spacial score (nSPS) is 12.1. The van der Waals surface area contributed by atoms with Gasteiger partial charge in [0.05, 0.1) is 23.7 Å². The summed E-state index contributed by atoms with van der Waals surface area (Å²) < 4.78 is 46.2. The highest BCUT2D eigenvalue weighted by atomic mass is 32.2. The maximum absolute atomic E-state index is 13.4. The summed E-state index contributed by atoms with van der Waals surface area (Å²) in [4.78, 5) is 12.9. The fourth-order valence-electron chi connectivity index (χ4n) is 3.15. The van der Waals surface area contributed by atoms with E-state index in [1.54, 1.807) is 55.5 Å². The number of benzene rings is 3. The molecule has 0 saturated heterocycles. The number of halogens is 1. The fourth-order valence-corrected chi connectivity index (χ4v) is 4.57.